The number of hydrogen-bond acceptors (Lipinski definition) is 3. The molecule has 1 aromatic rings. The van der Waals surface area contributed by atoms with Gasteiger partial charge in [0, 0.05) is 18.9 Å². The molecule has 1 fully saturated rings. The largest absolute Gasteiger partial charge is 0.387 e. The molecule has 4 nitrogen and oxygen atoms in total. The molecule has 1 aliphatic rings. The summed E-state index contributed by atoms with van der Waals surface area (Å²) >= 11 is 0. The van der Waals surface area contributed by atoms with E-state index in [2.05, 4.69) is 10.4 Å². The van der Waals surface area contributed by atoms with Gasteiger partial charge in [-0.25, -0.2) is 0 Å². The number of rotatable bonds is 2. The Hall–Kier alpha value is -0.580. The molecule has 0 radical (unpaired) electrons. The maximum absolute atomic E-state index is 9.94. The average Bonchev–Trinajstić information content (AvgIpc) is 2.62. The van der Waals surface area contributed by atoms with Gasteiger partial charge >= 0.3 is 0 Å². The molecular formula is C8H14ClN3O. The maximum Gasteiger partial charge on any atom is 0.0978 e. The van der Waals surface area contributed by atoms with Crippen molar-refractivity contribution in [1.82, 2.24) is 15.1 Å². The van der Waals surface area contributed by atoms with Crippen molar-refractivity contribution in [3.05, 3.63) is 18.5 Å². The second-order valence-corrected chi connectivity index (χ2v) is 3.35. The van der Waals surface area contributed by atoms with Gasteiger partial charge in [0.05, 0.1) is 12.1 Å². The van der Waals surface area contributed by atoms with Crippen LogP contribution in [0.4, 0.5) is 0 Å². The fourth-order valence-corrected chi connectivity index (χ4v) is 1.56. The van der Waals surface area contributed by atoms with E-state index in [1.54, 1.807) is 10.9 Å². The van der Waals surface area contributed by atoms with Gasteiger partial charge in [0.15, 0.2) is 0 Å². The third-order valence-electron chi connectivity index (χ3n) is 2.24. The third kappa shape index (κ3) is 2.43. The molecule has 2 heterocycles. The Morgan fingerprint density at radius 2 is 2.46 bits per heavy atom. The highest BCUT2D eigenvalue weighted by molar-refractivity contribution is 5.85. The summed E-state index contributed by atoms with van der Waals surface area (Å²) in [5, 5.41) is 17.1. The van der Waals surface area contributed by atoms with Crippen LogP contribution in [0.25, 0.3) is 0 Å². The normalized spacial score (nSPS) is 27.2. The van der Waals surface area contributed by atoms with Crippen LogP contribution < -0.4 is 5.32 Å². The van der Waals surface area contributed by atoms with Gasteiger partial charge in [0.2, 0.25) is 0 Å². The van der Waals surface area contributed by atoms with E-state index in [0.29, 0.717) is 13.1 Å². The van der Waals surface area contributed by atoms with Crippen LogP contribution in [0.5, 0.6) is 0 Å². The number of halogens is 1. The lowest BCUT2D eigenvalue weighted by atomic mass is 10.0. The molecule has 0 saturated carbocycles. The van der Waals surface area contributed by atoms with Crippen LogP contribution in [0.3, 0.4) is 0 Å². The summed E-state index contributed by atoms with van der Waals surface area (Å²) in [6.45, 7) is 2.16. The predicted molar refractivity (Wildman–Crippen MR) is 51.9 cm³/mol. The smallest absolute Gasteiger partial charge is 0.0978 e. The second-order valence-electron chi connectivity index (χ2n) is 3.35. The minimum Gasteiger partial charge on any atom is -0.387 e. The quantitative estimate of drug-likeness (QED) is 0.713. The molecule has 5 heteroatoms. The fraction of sp³-hybridized carbons (Fsp3) is 0.625. The standard InChI is InChI=1S/C8H13N3O.ClH/c12-8(2-4-9-6-8)7-11-5-1-3-10-11;/h1,3,5,9,12H,2,4,6-7H2;1H. The summed E-state index contributed by atoms with van der Waals surface area (Å²) in [6, 6.07) is 1.87. The summed E-state index contributed by atoms with van der Waals surface area (Å²) in [5.41, 5.74) is -0.591. The molecule has 0 aromatic carbocycles. The first-order valence-corrected chi connectivity index (χ1v) is 4.19. The Kier molecular flexibility index (Phi) is 3.30. The number of hydrogen-bond donors (Lipinski definition) is 2. The van der Waals surface area contributed by atoms with Gasteiger partial charge in [-0.1, -0.05) is 0 Å². The van der Waals surface area contributed by atoms with Gasteiger partial charge < -0.3 is 10.4 Å². The lowest BCUT2D eigenvalue weighted by Gasteiger charge is -2.20. The molecule has 2 rings (SSSR count). The van der Waals surface area contributed by atoms with Crippen molar-refractivity contribution < 1.29 is 5.11 Å². The van der Waals surface area contributed by atoms with E-state index in [0.717, 1.165) is 13.0 Å². The second kappa shape index (κ2) is 4.09. The molecule has 2 N–H and O–H groups in total. The van der Waals surface area contributed by atoms with Gasteiger partial charge in [0.1, 0.15) is 0 Å². The molecule has 1 unspecified atom stereocenters. The number of β-amino-alcohol motifs (C(OH)–C–C–N with tert-alkyl or cyclic N) is 1. The zero-order valence-electron chi connectivity index (χ0n) is 7.31. The van der Waals surface area contributed by atoms with Crippen LogP contribution in [0, 0.1) is 0 Å². The van der Waals surface area contributed by atoms with Crippen LogP contribution in [0.1, 0.15) is 6.42 Å². The van der Waals surface area contributed by atoms with Crippen molar-refractivity contribution in [1.29, 1.82) is 0 Å². The third-order valence-corrected chi connectivity index (χ3v) is 2.24. The Morgan fingerprint density at radius 3 is 3.00 bits per heavy atom. The van der Waals surface area contributed by atoms with Crippen LogP contribution in [0.2, 0.25) is 0 Å². The zero-order chi connectivity index (χ0) is 8.44. The van der Waals surface area contributed by atoms with E-state index in [4.69, 9.17) is 0 Å². The van der Waals surface area contributed by atoms with E-state index in [1.807, 2.05) is 12.3 Å². The van der Waals surface area contributed by atoms with Crippen LogP contribution in [0.15, 0.2) is 18.5 Å². The van der Waals surface area contributed by atoms with Crippen molar-refractivity contribution >= 4 is 12.4 Å². The summed E-state index contributed by atoms with van der Waals surface area (Å²) in [7, 11) is 0. The molecule has 1 atom stereocenters. The summed E-state index contributed by atoms with van der Waals surface area (Å²) < 4.78 is 1.77. The van der Waals surface area contributed by atoms with Gasteiger partial charge in [0.25, 0.3) is 0 Å². The minimum atomic E-state index is -0.591. The van der Waals surface area contributed by atoms with Crippen LogP contribution in [-0.2, 0) is 6.54 Å². The van der Waals surface area contributed by atoms with Crippen LogP contribution in [-0.4, -0.2) is 33.6 Å². The Morgan fingerprint density at radius 1 is 1.62 bits per heavy atom. The fourth-order valence-electron chi connectivity index (χ4n) is 1.56. The van der Waals surface area contributed by atoms with Crippen molar-refractivity contribution in [3.63, 3.8) is 0 Å². The Bertz CT molecular complexity index is 244. The average molecular weight is 204 g/mol. The number of nitrogens with one attached hydrogen (secondary N) is 1. The number of nitrogens with zero attached hydrogens (tertiary/aromatic N) is 2. The highest BCUT2D eigenvalue weighted by Gasteiger charge is 2.31. The predicted octanol–water partition coefficient (Wildman–Crippen LogP) is 0.0293. The van der Waals surface area contributed by atoms with Gasteiger partial charge in [-0.05, 0) is 19.0 Å². The molecule has 74 valence electrons. The monoisotopic (exact) mass is 203 g/mol. The molecule has 0 aliphatic carbocycles. The summed E-state index contributed by atoms with van der Waals surface area (Å²) in [4.78, 5) is 0. The van der Waals surface area contributed by atoms with Gasteiger partial charge in [-0.3, -0.25) is 4.68 Å². The van der Waals surface area contributed by atoms with E-state index in [1.165, 1.54) is 0 Å². The van der Waals surface area contributed by atoms with Crippen molar-refractivity contribution in [2.45, 2.75) is 18.6 Å². The molecule has 0 bridgehead atoms. The van der Waals surface area contributed by atoms with E-state index >= 15 is 0 Å². The molecule has 1 saturated heterocycles. The molecule has 1 aromatic heterocycles. The Labute approximate surface area is 83.4 Å². The highest BCUT2D eigenvalue weighted by atomic mass is 35.5. The minimum absolute atomic E-state index is 0. The summed E-state index contributed by atoms with van der Waals surface area (Å²) in [6.07, 6.45) is 4.41. The van der Waals surface area contributed by atoms with Gasteiger partial charge in [-0.2, -0.15) is 5.10 Å². The van der Waals surface area contributed by atoms with E-state index in [9.17, 15) is 5.11 Å². The molecule has 0 amide bonds. The highest BCUT2D eigenvalue weighted by Crippen LogP contribution is 2.15. The maximum atomic E-state index is 9.94. The first kappa shape index (κ1) is 10.5. The van der Waals surface area contributed by atoms with E-state index in [-0.39, 0.29) is 12.4 Å². The molecule has 0 spiro atoms. The molecule has 1 aliphatic heterocycles. The number of aliphatic hydroxyl groups is 1. The van der Waals surface area contributed by atoms with Gasteiger partial charge in [-0.15, -0.1) is 12.4 Å². The lowest BCUT2D eigenvalue weighted by Crippen LogP contribution is -2.36. The number of aromatic nitrogens is 2. The van der Waals surface area contributed by atoms with E-state index < -0.39 is 5.60 Å². The first-order valence-electron chi connectivity index (χ1n) is 4.19. The van der Waals surface area contributed by atoms with Crippen LogP contribution >= 0.6 is 12.4 Å². The first-order chi connectivity index (χ1) is 5.79. The SMILES string of the molecule is Cl.OC1(Cn2cccn2)CCNC1. The molecular weight excluding hydrogens is 190 g/mol. The lowest BCUT2D eigenvalue weighted by molar-refractivity contribution is 0.0397. The topological polar surface area (TPSA) is 50.1 Å². The summed E-state index contributed by atoms with van der Waals surface area (Å²) in [5.74, 6) is 0. The Balaban J connectivity index is 0.000000845. The van der Waals surface area contributed by atoms with Crippen molar-refractivity contribution in [2.75, 3.05) is 13.1 Å². The van der Waals surface area contributed by atoms with Crippen molar-refractivity contribution in [2.24, 2.45) is 0 Å². The molecule has 13 heavy (non-hydrogen) atoms. The zero-order valence-corrected chi connectivity index (χ0v) is 8.13. The van der Waals surface area contributed by atoms with Crippen molar-refractivity contribution in [3.8, 4) is 0 Å².